The molecule has 0 aliphatic carbocycles. The minimum Gasteiger partial charge on any atom is -0.481 e. The van der Waals surface area contributed by atoms with Crippen LogP contribution >= 0.6 is 23.2 Å². The monoisotopic (exact) mass is 255 g/mol. The third-order valence-corrected chi connectivity index (χ3v) is 3.05. The minimum atomic E-state index is -0.925. The Bertz CT molecular complexity index is 569. The molecule has 1 N–H and O–H groups in total. The van der Waals surface area contributed by atoms with Gasteiger partial charge in [0.15, 0.2) is 0 Å². The van der Waals surface area contributed by atoms with Crippen molar-refractivity contribution in [1.82, 2.24) is 4.98 Å². The van der Waals surface area contributed by atoms with Crippen LogP contribution in [0, 0.1) is 0 Å². The van der Waals surface area contributed by atoms with E-state index in [0.717, 1.165) is 10.8 Å². The third kappa shape index (κ3) is 1.96. The van der Waals surface area contributed by atoms with Gasteiger partial charge in [0.05, 0.1) is 22.2 Å². The molecular formula is C11H7Cl2NO2. The summed E-state index contributed by atoms with van der Waals surface area (Å²) in [5, 5.41) is 11.1. The van der Waals surface area contributed by atoms with Gasteiger partial charge in [0.2, 0.25) is 0 Å². The quantitative estimate of drug-likeness (QED) is 0.897. The number of nitrogens with zero attached hydrogens (tertiary/aromatic N) is 1. The van der Waals surface area contributed by atoms with E-state index in [2.05, 4.69) is 4.98 Å². The van der Waals surface area contributed by atoms with Gasteiger partial charge >= 0.3 is 5.97 Å². The second-order valence-electron chi connectivity index (χ2n) is 3.28. The van der Waals surface area contributed by atoms with E-state index in [9.17, 15) is 4.79 Å². The van der Waals surface area contributed by atoms with Crippen molar-refractivity contribution < 1.29 is 9.90 Å². The van der Waals surface area contributed by atoms with Crippen molar-refractivity contribution in [2.24, 2.45) is 0 Å². The fourth-order valence-corrected chi connectivity index (χ4v) is 1.93. The lowest BCUT2D eigenvalue weighted by Gasteiger charge is -2.05. The van der Waals surface area contributed by atoms with Crippen molar-refractivity contribution in [2.45, 2.75) is 6.42 Å². The number of benzene rings is 1. The number of aromatic nitrogens is 1. The molecular weight excluding hydrogens is 249 g/mol. The number of carboxylic acids is 1. The number of hydrogen-bond donors (Lipinski definition) is 1. The lowest BCUT2D eigenvalue weighted by molar-refractivity contribution is -0.136. The molecule has 0 aliphatic heterocycles. The Morgan fingerprint density at radius 2 is 2.00 bits per heavy atom. The zero-order valence-corrected chi connectivity index (χ0v) is 9.59. The van der Waals surface area contributed by atoms with E-state index >= 15 is 0 Å². The van der Waals surface area contributed by atoms with Crippen LogP contribution in [0.1, 0.15) is 5.69 Å². The van der Waals surface area contributed by atoms with E-state index < -0.39 is 5.97 Å². The lowest BCUT2D eigenvalue weighted by Crippen LogP contribution is -2.02. The van der Waals surface area contributed by atoms with Gasteiger partial charge in [-0.3, -0.25) is 9.78 Å². The van der Waals surface area contributed by atoms with E-state index in [1.54, 1.807) is 18.2 Å². The van der Waals surface area contributed by atoms with Gasteiger partial charge < -0.3 is 5.11 Å². The molecule has 2 rings (SSSR count). The Balaban J connectivity index is 2.69. The largest absolute Gasteiger partial charge is 0.481 e. The molecule has 0 radical (unpaired) electrons. The molecule has 0 saturated carbocycles. The van der Waals surface area contributed by atoms with E-state index in [4.69, 9.17) is 28.3 Å². The molecule has 0 amide bonds. The Morgan fingerprint density at radius 1 is 1.25 bits per heavy atom. The topological polar surface area (TPSA) is 50.2 Å². The van der Waals surface area contributed by atoms with Crippen LogP contribution in [0.15, 0.2) is 24.4 Å². The maximum atomic E-state index is 10.7. The highest BCUT2D eigenvalue weighted by Crippen LogP contribution is 2.31. The van der Waals surface area contributed by atoms with Crippen molar-refractivity contribution in [2.75, 3.05) is 0 Å². The fraction of sp³-hybridized carbons (Fsp3) is 0.0909. The molecule has 0 atom stereocenters. The number of halogens is 2. The molecule has 1 aromatic carbocycles. The van der Waals surface area contributed by atoms with Crippen LogP contribution in [0.5, 0.6) is 0 Å². The van der Waals surface area contributed by atoms with Crippen molar-refractivity contribution in [3.05, 3.63) is 40.1 Å². The van der Waals surface area contributed by atoms with Gasteiger partial charge in [0, 0.05) is 17.0 Å². The normalized spacial score (nSPS) is 10.6. The molecule has 82 valence electrons. The van der Waals surface area contributed by atoms with Gasteiger partial charge in [-0.1, -0.05) is 29.3 Å². The van der Waals surface area contributed by atoms with Crippen molar-refractivity contribution in [3.8, 4) is 0 Å². The Morgan fingerprint density at radius 3 is 2.69 bits per heavy atom. The number of fused-ring (bicyclic) bond motifs is 1. The number of aliphatic carboxylic acids is 1. The first-order valence-corrected chi connectivity index (χ1v) is 5.28. The van der Waals surface area contributed by atoms with Crippen molar-refractivity contribution in [3.63, 3.8) is 0 Å². The molecule has 0 aliphatic rings. The highest BCUT2D eigenvalue weighted by Gasteiger charge is 2.10. The maximum absolute atomic E-state index is 10.7. The molecule has 5 heteroatoms. The number of carboxylic acid groups (broad SMARTS) is 1. The standard InChI is InChI=1S/C11H7Cl2NO2/c12-8-2-1-6-7(11(8)13)3-4-14-9(6)5-10(15)16/h1-4H,5H2,(H,15,16). The smallest absolute Gasteiger partial charge is 0.309 e. The van der Waals surface area contributed by atoms with Gasteiger partial charge in [0.25, 0.3) is 0 Å². The lowest BCUT2D eigenvalue weighted by atomic mass is 10.1. The van der Waals surface area contributed by atoms with Crippen LogP contribution in [-0.2, 0) is 11.2 Å². The van der Waals surface area contributed by atoms with E-state index in [1.165, 1.54) is 6.20 Å². The summed E-state index contributed by atoms with van der Waals surface area (Å²) in [5.74, 6) is -0.925. The molecule has 16 heavy (non-hydrogen) atoms. The highest BCUT2D eigenvalue weighted by molar-refractivity contribution is 6.45. The molecule has 0 bridgehead atoms. The average molecular weight is 256 g/mol. The number of hydrogen-bond acceptors (Lipinski definition) is 2. The van der Waals surface area contributed by atoms with Crippen molar-refractivity contribution in [1.29, 1.82) is 0 Å². The van der Waals surface area contributed by atoms with E-state index in [-0.39, 0.29) is 6.42 Å². The molecule has 0 saturated heterocycles. The Kier molecular flexibility index (Phi) is 2.99. The van der Waals surface area contributed by atoms with Gasteiger partial charge in [-0.2, -0.15) is 0 Å². The van der Waals surface area contributed by atoms with Crippen molar-refractivity contribution >= 4 is 39.9 Å². The second-order valence-corrected chi connectivity index (χ2v) is 4.07. The van der Waals surface area contributed by atoms with Crippen LogP contribution in [0.4, 0.5) is 0 Å². The van der Waals surface area contributed by atoms with Crippen LogP contribution in [0.25, 0.3) is 10.8 Å². The molecule has 1 heterocycles. The first-order chi connectivity index (χ1) is 7.59. The van der Waals surface area contributed by atoms with Gasteiger partial charge in [0.1, 0.15) is 0 Å². The number of pyridine rings is 1. The van der Waals surface area contributed by atoms with Crippen LogP contribution in [0.2, 0.25) is 10.0 Å². The van der Waals surface area contributed by atoms with Crippen LogP contribution in [0.3, 0.4) is 0 Å². The SMILES string of the molecule is O=C(O)Cc1nccc2c(Cl)c(Cl)ccc12. The third-order valence-electron chi connectivity index (χ3n) is 2.23. The zero-order chi connectivity index (χ0) is 11.7. The molecule has 2 aromatic rings. The molecule has 0 spiro atoms. The summed E-state index contributed by atoms with van der Waals surface area (Å²) in [4.78, 5) is 14.7. The zero-order valence-electron chi connectivity index (χ0n) is 8.08. The molecule has 3 nitrogen and oxygen atoms in total. The average Bonchev–Trinajstić information content (AvgIpc) is 2.23. The van der Waals surface area contributed by atoms with Gasteiger partial charge in [-0.15, -0.1) is 0 Å². The summed E-state index contributed by atoms with van der Waals surface area (Å²) in [6.07, 6.45) is 1.40. The van der Waals surface area contributed by atoms with E-state index in [1.807, 2.05) is 0 Å². The van der Waals surface area contributed by atoms with Gasteiger partial charge in [-0.05, 0) is 12.1 Å². The first-order valence-electron chi connectivity index (χ1n) is 4.53. The summed E-state index contributed by atoms with van der Waals surface area (Å²) >= 11 is 11.9. The van der Waals surface area contributed by atoms with Crippen LogP contribution < -0.4 is 0 Å². The van der Waals surface area contributed by atoms with Crippen LogP contribution in [-0.4, -0.2) is 16.1 Å². The van der Waals surface area contributed by atoms with E-state index in [0.29, 0.717) is 15.7 Å². The van der Waals surface area contributed by atoms with Gasteiger partial charge in [-0.25, -0.2) is 0 Å². The predicted octanol–water partition coefficient (Wildman–Crippen LogP) is 3.17. The molecule has 0 unspecified atom stereocenters. The number of carbonyl (C=O) groups is 1. The number of rotatable bonds is 2. The summed E-state index contributed by atoms with van der Waals surface area (Å²) in [6, 6.07) is 5.09. The first kappa shape index (κ1) is 11.2. The molecule has 0 fully saturated rings. The minimum absolute atomic E-state index is 0.130. The Labute approximate surface area is 102 Å². The Hall–Kier alpha value is -1.32. The summed E-state index contributed by atoms with van der Waals surface area (Å²) in [5.41, 5.74) is 0.489. The summed E-state index contributed by atoms with van der Waals surface area (Å²) < 4.78 is 0. The fourth-order valence-electron chi connectivity index (χ4n) is 1.54. The molecule has 1 aromatic heterocycles. The highest BCUT2D eigenvalue weighted by atomic mass is 35.5. The summed E-state index contributed by atoms with van der Waals surface area (Å²) in [6.45, 7) is 0. The summed E-state index contributed by atoms with van der Waals surface area (Å²) in [7, 11) is 0. The second kappa shape index (κ2) is 4.28. The predicted molar refractivity (Wildman–Crippen MR) is 63.1 cm³/mol. The maximum Gasteiger partial charge on any atom is 0.309 e.